The summed E-state index contributed by atoms with van der Waals surface area (Å²) >= 11 is 0. The number of nitrogens with zero attached hydrogens (tertiary/aromatic N) is 1. The van der Waals surface area contributed by atoms with E-state index in [1.165, 1.54) is 0 Å². The first kappa shape index (κ1) is 15.0. The van der Waals surface area contributed by atoms with Gasteiger partial charge in [-0.15, -0.1) is 0 Å². The van der Waals surface area contributed by atoms with Crippen molar-refractivity contribution in [3.05, 3.63) is 0 Å². The van der Waals surface area contributed by atoms with Gasteiger partial charge in [0.1, 0.15) is 0 Å². The van der Waals surface area contributed by atoms with Crippen LogP contribution in [0.5, 0.6) is 0 Å². The van der Waals surface area contributed by atoms with Crippen LogP contribution in [0.3, 0.4) is 0 Å². The van der Waals surface area contributed by atoms with E-state index in [0.29, 0.717) is 26.3 Å². The van der Waals surface area contributed by atoms with E-state index in [9.17, 15) is 9.59 Å². The highest BCUT2D eigenvalue weighted by Crippen LogP contribution is 2.31. The van der Waals surface area contributed by atoms with E-state index in [1.807, 2.05) is 0 Å². The first-order valence-electron chi connectivity index (χ1n) is 6.62. The summed E-state index contributed by atoms with van der Waals surface area (Å²) in [5.74, 6) is 0.128. The minimum absolute atomic E-state index is 0.176. The average Bonchev–Trinajstić information content (AvgIpc) is 3.17. The van der Waals surface area contributed by atoms with Crippen molar-refractivity contribution in [2.75, 3.05) is 33.4 Å². The quantitative estimate of drug-likeness (QED) is 0.460. The van der Waals surface area contributed by atoms with Gasteiger partial charge in [-0.1, -0.05) is 0 Å². The van der Waals surface area contributed by atoms with Crippen molar-refractivity contribution in [2.45, 2.75) is 32.6 Å². The summed E-state index contributed by atoms with van der Waals surface area (Å²) in [6.07, 6.45) is 3.05. The van der Waals surface area contributed by atoms with E-state index < -0.39 is 0 Å². The smallest absolute Gasteiger partial charge is 0.307 e. The van der Waals surface area contributed by atoms with Gasteiger partial charge >= 0.3 is 5.97 Å². The van der Waals surface area contributed by atoms with Crippen molar-refractivity contribution in [1.82, 2.24) is 4.90 Å². The van der Waals surface area contributed by atoms with Gasteiger partial charge in [-0.05, 0) is 26.2 Å². The van der Waals surface area contributed by atoms with Gasteiger partial charge in [-0.25, -0.2) is 0 Å². The Bertz CT molecular complexity index is 276. The first-order chi connectivity index (χ1) is 8.69. The van der Waals surface area contributed by atoms with Crippen LogP contribution in [0.2, 0.25) is 0 Å². The predicted octanol–water partition coefficient (Wildman–Crippen LogP) is 1.21. The van der Waals surface area contributed by atoms with Crippen LogP contribution < -0.4 is 0 Å². The molecule has 1 aliphatic rings. The van der Waals surface area contributed by atoms with Crippen molar-refractivity contribution in [3.8, 4) is 0 Å². The zero-order chi connectivity index (χ0) is 13.4. The van der Waals surface area contributed by atoms with E-state index in [0.717, 1.165) is 19.3 Å². The van der Waals surface area contributed by atoms with Gasteiger partial charge in [-0.3, -0.25) is 9.59 Å². The Morgan fingerprint density at radius 2 is 2.00 bits per heavy atom. The number of rotatable bonds is 9. The second-order valence-corrected chi connectivity index (χ2v) is 4.50. The Balaban J connectivity index is 2.33. The van der Waals surface area contributed by atoms with Crippen LogP contribution in [0.4, 0.5) is 0 Å². The molecule has 0 aliphatic heterocycles. The average molecular weight is 257 g/mol. The van der Waals surface area contributed by atoms with Crippen molar-refractivity contribution in [1.29, 1.82) is 0 Å². The monoisotopic (exact) mass is 257 g/mol. The normalized spacial score (nSPS) is 14.3. The van der Waals surface area contributed by atoms with Gasteiger partial charge in [-0.2, -0.15) is 0 Å². The van der Waals surface area contributed by atoms with E-state index in [4.69, 9.17) is 9.47 Å². The molecule has 1 aliphatic carbocycles. The maximum absolute atomic E-state index is 12.0. The Labute approximate surface area is 108 Å². The molecule has 0 aromatic heterocycles. The van der Waals surface area contributed by atoms with Crippen molar-refractivity contribution in [2.24, 2.45) is 5.92 Å². The SMILES string of the molecule is CCOC(=O)CCN(CCCOC)C(=O)C1CC1. The van der Waals surface area contributed by atoms with Crippen LogP contribution in [-0.2, 0) is 19.1 Å². The van der Waals surface area contributed by atoms with Crippen LogP contribution in [0.1, 0.15) is 32.6 Å². The number of carbonyl (C=O) groups excluding carboxylic acids is 2. The molecule has 1 fully saturated rings. The van der Waals surface area contributed by atoms with Gasteiger partial charge in [0, 0.05) is 32.7 Å². The molecule has 0 bridgehead atoms. The van der Waals surface area contributed by atoms with Gasteiger partial charge in [0.15, 0.2) is 0 Å². The summed E-state index contributed by atoms with van der Waals surface area (Å²) < 4.78 is 9.85. The molecular formula is C13H23NO4. The molecule has 1 amide bonds. The summed E-state index contributed by atoms with van der Waals surface area (Å²) in [6, 6.07) is 0. The topological polar surface area (TPSA) is 55.8 Å². The Kier molecular flexibility index (Phi) is 6.72. The molecule has 5 heteroatoms. The lowest BCUT2D eigenvalue weighted by molar-refractivity contribution is -0.144. The number of hydrogen-bond donors (Lipinski definition) is 0. The molecule has 1 saturated carbocycles. The summed E-state index contributed by atoms with van der Waals surface area (Å²) in [6.45, 7) is 3.91. The Hall–Kier alpha value is -1.10. The maximum Gasteiger partial charge on any atom is 0.307 e. The molecule has 0 atom stereocenters. The van der Waals surface area contributed by atoms with Gasteiger partial charge < -0.3 is 14.4 Å². The molecule has 0 radical (unpaired) electrons. The highest BCUT2D eigenvalue weighted by molar-refractivity contribution is 5.81. The van der Waals surface area contributed by atoms with Gasteiger partial charge in [0.25, 0.3) is 0 Å². The lowest BCUT2D eigenvalue weighted by atomic mass is 10.3. The fourth-order valence-electron chi connectivity index (χ4n) is 1.78. The molecule has 0 spiro atoms. The van der Waals surface area contributed by atoms with Crippen molar-refractivity contribution < 1.29 is 19.1 Å². The minimum Gasteiger partial charge on any atom is -0.466 e. The summed E-state index contributed by atoms with van der Waals surface area (Å²) in [5.41, 5.74) is 0. The molecule has 0 N–H and O–H groups in total. The van der Waals surface area contributed by atoms with E-state index in [-0.39, 0.29) is 24.2 Å². The van der Waals surface area contributed by atoms with Crippen LogP contribution in [0.25, 0.3) is 0 Å². The molecule has 1 rings (SSSR count). The summed E-state index contributed by atoms with van der Waals surface area (Å²) in [4.78, 5) is 25.1. The van der Waals surface area contributed by atoms with Crippen LogP contribution in [0.15, 0.2) is 0 Å². The third-order valence-electron chi connectivity index (χ3n) is 2.91. The predicted molar refractivity (Wildman–Crippen MR) is 67.0 cm³/mol. The molecule has 0 aromatic rings. The molecule has 0 unspecified atom stereocenters. The van der Waals surface area contributed by atoms with Crippen molar-refractivity contribution >= 4 is 11.9 Å². The third-order valence-corrected chi connectivity index (χ3v) is 2.91. The summed E-state index contributed by atoms with van der Waals surface area (Å²) in [5, 5.41) is 0. The van der Waals surface area contributed by atoms with E-state index >= 15 is 0 Å². The lowest BCUT2D eigenvalue weighted by Crippen LogP contribution is -2.35. The largest absolute Gasteiger partial charge is 0.466 e. The molecule has 18 heavy (non-hydrogen) atoms. The minimum atomic E-state index is -0.238. The number of carbonyl (C=O) groups is 2. The van der Waals surface area contributed by atoms with Crippen molar-refractivity contribution in [3.63, 3.8) is 0 Å². The molecule has 5 nitrogen and oxygen atoms in total. The zero-order valence-corrected chi connectivity index (χ0v) is 11.3. The number of esters is 1. The highest BCUT2D eigenvalue weighted by atomic mass is 16.5. The summed E-state index contributed by atoms with van der Waals surface area (Å²) in [7, 11) is 1.64. The molecule has 104 valence electrons. The fourth-order valence-corrected chi connectivity index (χ4v) is 1.78. The maximum atomic E-state index is 12.0. The van der Waals surface area contributed by atoms with Crippen LogP contribution >= 0.6 is 0 Å². The Morgan fingerprint density at radius 3 is 2.56 bits per heavy atom. The van der Waals surface area contributed by atoms with E-state index in [2.05, 4.69) is 0 Å². The fraction of sp³-hybridized carbons (Fsp3) is 0.846. The number of ether oxygens (including phenoxy) is 2. The van der Waals surface area contributed by atoms with Crippen LogP contribution in [-0.4, -0.2) is 50.2 Å². The second-order valence-electron chi connectivity index (χ2n) is 4.50. The second kappa shape index (κ2) is 8.08. The van der Waals surface area contributed by atoms with E-state index in [1.54, 1.807) is 18.9 Å². The Morgan fingerprint density at radius 1 is 1.28 bits per heavy atom. The van der Waals surface area contributed by atoms with Gasteiger partial charge in [0.05, 0.1) is 13.0 Å². The highest BCUT2D eigenvalue weighted by Gasteiger charge is 2.33. The molecule has 0 aromatic carbocycles. The number of amides is 1. The standard InChI is InChI=1S/C13H23NO4/c1-3-18-12(15)7-9-14(8-4-10-17-2)13(16)11-5-6-11/h11H,3-10H2,1-2H3. The number of methoxy groups -OCH3 is 1. The zero-order valence-electron chi connectivity index (χ0n) is 11.3. The molecular weight excluding hydrogens is 234 g/mol. The third kappa shape index (κ3) is 5.49. The van der Waals surface area contributed by atoms with Gasteiger partial charge in [0.2, 0.25) is 5.91 Å². The molecule has 0 heterocycles. The molecule has 0 saturated heterocycles. The first-order valence-corrected chi connectivity index (χ1v) is 6.62. The van der Waals surface area contributed by atoms with Crippen LogP contribution in [0, 0.1) is 5.92 Å². The number of hydrogen-bond acceptors (Lipinski definition) is 4. The lowest BCUT2D eigenvalue weighted by Gasteiger charge is -2.22.